The highest BCUT2D eigenvalue weighted by Gasteiger charge is 2.29. The van der Waals surface area contributed by atoms with E-state index >= 15 is 0 Å². The standard InChI is InChI=1S/C28H37OP/c1-17-11-19(3)24(20(4)12-17)15-26(28(8,9)10)23(7)27(30-29)16-25-21(5)13-18(2)14-22(25)6/h11-16,23H,1-10H3/p+1. The molecule has 0 aliphatic carbocycles. The fourth-order valence-corrected chi connectivity index (χ4v) is 5.09. The van der Waals surface area contributed by atoms with E-state index in [1.165, 1.54) is 50.1 Å². The molecule has 2 aromatic rings. The van der Waals surface area contributed by atoms with Crippen LogP contribution in [0.25, 0.3) is 12.2 Å². The summed E-state index contributed by atoms with van der Waals surface area (Å²) in [5.74, 6) is 0.0982. The van der Waals surface area contributed by atoms with Gasteiger partial charge in [-0.2, -0.15) is 0 Å². The molecule has 0 heterocycles. The Hall–Kier alpha value is -1.98. The minimum absolute atomic E-state index is 0.0285. The van der Waals surface area contributed by atoms with Crippen LogP contribution in [-0.2, 0) is 4.57 Å². The van der Waals surface area contributed by atoms with Crippen molar-refractivity contribution in [2.45, 2.75) is 69.2 Å². The molecule has 2 unspecified atom stereocenters. The molecule has 0 saturated carbocycles. The maximum atomic E-state index is 12.4. The molecule has 0 amide bonds. The number of benzene rings is 2. The van der Waals surface area contributed by atoms with Crippen LogP contribution in [0.1, 0.15) is 72.2 Å². The maximum Gasteiger partial charge on any atom is 0.359 e. The SMILES string of the molecule is Cc1cc(C)c(C=C([PH+]=O)C(C)C(=Cc2c(C)cc(C)cc2C)C(C)(C)C)c(C)c1. The summed E-state index contributed by atoms with van der Waals surface area (Å²) in [6, 6.07) is 8.90. The van der Waals surface area contributed by atoms with Gasteiger partial charge in [-0.15, -0.1) is 0 Å². The Labute approximate surface area is 185 Å². The van der Waals surface area contributed by atoms with Gasteiger partial charge in [0.25, 0.3) is 0 Å². The van der Waals surface area contributed by atoms with Crippen molar-refractivity contribution < 1.29 is 4.57 Å². The molecule has 0 spiro atoms. The maximum absolute atomic E-state index is 12.4. The molecule has 2 aromatic carbocycles. The first-order chi connectivity index (χ1) is 13.8. The van der Waals surface area contributed by atoms with Crippen LogP contribution in [0.4, 0.5) is 0 Å². The van der Waals surface area contributed by atoms with Crippen LogP contribution >= 0.6 is 8.46 Å². The van der Waals surface area contributed by atoms with Crippen molar-refractivity contribution >= 4 is 20.6 Å². The largest absolute Gasteiger partial charge is 0.359 e. The van der Waals surface area contributed by atoms with E-state index in [4.69, 9.17) is 0 Å². The summed E-state index contributed by atoms with van der Waals surface area (Å²) in [5.41, 5.74) is 11.4. The number of rotatable bonds is 5. The van der Waals surface area contributed by atoms with Gasteiger partial charge >= 0.3 is 8.46 Å². The lowest BCUT2D eigenvalue weighted by atomic mass is 9.77. The van der Waals surface area contributed by atoms with Gasteiger partial charge in [-0.05, 0) is 86.4 Å². The first-order valence-corrected chi connectivity index (χ1v) is 11.7. The van der Waals surface area contributed by atoms with Gasteiger partial charge in [-0.3, -0.25) is 0 Å². The minimum Gasteiger partial charge on any atom is -0.0711 e. The Morgan fingerprint density at radius 2 is 1.13 bits per heavy atom. The molecule has 0 aliphatic rings. The zero-order chi connectivity index (χ0) is 22.8. The van der Waals surface area contributed by atoms with Gasteiger partial charge in [0, 0.05) is 5.92 Å². The Morgan fingerprint density at radius 3 is 1.47 bits per heavy atom. The van der Waals surface area contributed by atoms with Gasteiger partial charge in [-0.1, -0.05) is 79.3 Å². The second-order valence-corrected chi connectivity index (χ2v) is 10.7. The van der Waals surface area contributed by atoms with E-state index in [1.807, 2.05) is 0 Å². The molecule has 0 fully saturated rings. The van der Waals surface area contributed by atoms with Crippen molar-refractivity contribution in [3.8, 4) is 0 Å². The van der Waals surface area contributed by atoms with E-state index in [9.17, 15) is 4.57 Å². The first kappa shape index (κ1) is 24.3. The highest BCUT2D eigenvalue weighted by atomic mass is 31.1. The lowest BCUT2D eigenvalue weighted by Crippen LogP contribution is -2.17. The third kappa shape index (κ3) is 5.58. The van der Waals surface area contributed by atoms with E-state index in [0.29, 0.717) is 0 Å². The van der Waals surface area contributed by atoms with Crippen LogP contribution in [0.2, 0.25) is 0 Å². The van der Waals surface area contributed by atoms with Crippen LogP contribution < -0.4 is 0 Å². The zero-order valence-corrected chi connectivity index (χ0v) is 21.4. The van der Waals surface area contributed by atoms with Crippen molar-refractivity contribution in [2.24, 2.45) is 11.3 Å². The Morgan fingerprint density at radius 1 is 0.767 bits per heavy atom. The average Bonchev–Trinajstić information content (AvgIpc) is 2.58. The smallest absolute Gasteiger partial charge is 0.0711 e. The molecule has 30 heavy (non-hydrogen) atoms. The predicted octanol–water partition coefficient (Wildman–Crippen LogP) is 8.67. The second-order valence-electron chi connectivity index (χ2n) is 9.90. The van der Waals surface area contributed by atoms with Crippen molar-refractivity contribution in [1.29, 1.82) is 0 Å². The van der Waals surface area contributed by atoms with Crippen molar-refractivity contribution in [3.63, 3.8) is 0 Å². The van der Waals surface area contributed by atoms with Gasteiger partial charge in [0.2, 0.25) is 0 Å². The predicted molar refractivity (Wildman–Crippen MR) is 135 cm³/mol. The molecule has 1 nitrogen and oxygen atoms in total. The van der Waals surface area contributed by atoms with E-state index in [2.05, 4.69) is 106 Å². The lowest BCUT2D eigenvalue weighted by molar-refractivity contribution is 0.464. The van der Waals surface area contributed by atoms with Crippen LogP contribution in [0.5, 0.6) is 0 Å². The van der Waals surface area contributed by atoms with E-state index in [1.54, 1.807) is 0 Å². The molecule has 0 saturated heterocycles. The van der Waals surface area contributed by atoms with E-state index in [0.717, 1.165) is 5.31 Å². The Kier molecular flexibility index (Phi) is 7.64. The number of hydrogen-bond donors (Lipinski definition) is 0. The van der Waals surface area contributed by atoms with Crippen LogP contribution in [-0.4, -0.2) is 0 Å². The molecule has 2 atom stereocenters. The average molecular weight is 422 g/mol. The number of hydrogen-bond acceptors (Lipinski definition) is 1. The Balaban J connectivity index is 2.65. The third-order valence-corrected chi connectivity index (χ3v) is 6.81. The third-order valence-electron chi connectivity index (χ3n) is 5.99. The van der Waals surface area contributed by atoms with Crippen molar-refractivity contribution in [3.05, 3.63) is 79.7 Å². The van der Waals surface area contributed by atoms with E-state index in [-0.39, 0.29) is 11.3 Å². The molecule has 2 heteroatoms. The molecule has 0 bridgehead atoms. The Bertz CT molecular complexity index is 969. The number of allylic oxidation sites excluding steroid dienone is 2. The molecule has 0 N–H and O–H groups in total. The monoisotopic (exact) mass is 421 g/mol. The van der Waals surface area contributed by atoms with Gasteiger partial charge < -0.3 is 0 Å². The quantitative estimate of drug-likeness (QED) is 0.441. The molecule has 160 valence electrons. The normalized spacial score (nSPS) is 14.3. The van der Waals surface area contributed by atoms with Crippen LogP contribution in [0, 0.1) is 52.9 Å². The summed E-state index contributed by atoms with van der Waals surface area (Å²) in [6.07, 6.45) is 4.51. The van der Waals surface area contributed by atoms with Gasteiger partial charge in [0.05, 0.1) is 0 Å². The van der Waals surface area contributed by atoms with E-state index < -0.39 is 8.46 Å². The zero-order valence-electron chi connectivity index (χ0n) is 20.4. The fourth-order valence-electron chi connectivity index (χ4n) is 4.55. The molecular weight excluding hydrogens is 383 g/mol. The molecule has 0 aliphatic heterocycles. The fraction of sp³-hybridized carbons (Fsp3) is 0.429. The topological polar surface area (TPSA) is 17.1 Å². The highest BCUT2D eigenvalue weighted by Crippen LogP contribution is 2.41. The van der Waals surface area contributed by atoms with Gasteiger partial charge in [0.1, 0.15) is 0 Å². The molecule has 0 radical (unpaired) electrons. The summed E-state index contributed by atoms with van der Waals surface area (Å²) in [5, 5.41) is 0.980. The second kappa shape index (κ2) is 9.44. The molecule has 0 aromatic heterocycles. The number of aryl methyl sites for hydroxylation is 6. The molecule has 2 rings (SSSR count). The summed E-state index contributed by atoms with van der Waals surface area (Å²) in [7, 11) is -0.460. The van der Waals surface area contributed by atoms with Gasteiger partial charge in [-0.25, -0.2) is 0 Å². The first-order valence-electron chi connectivity index (χ1n) is 10.8. The summed E-state index contributed by atoms with van der Waals surface area (Å²) < 4.78 is 12.4. The van der Waals surface area contributed by atoms with Crippen molar-refractivity contribution in [2.75, 3.05) is 0 Å². The molecular formula is C28H38OP+. The summed E-state index contributed by atoms with van der Waals surface area (Å²) in [6.45, 7) is 21.9. The highest BCUT2D eigenvalue weighted by molar-refractivity contribution is 7.29. The van der Waals surface area contributed by atoms with Crippen LogP contribution in [0.3, 0.4) is 0 Å². The lowest BCUT2D eigenvalue weighted by Gasteiger charge is -2.28. The van der Waals surface area contributed by atoms with Crippen molar-refractivity contribution in [1.82, 2.24) is 0 Å². The summed E-state index contributed by atoms with van der Waals surface area (Å²) in [4.78, 5) is 0. The van der Waals surface area contributed by atoms with Gasteiger partial charge in [0.15, 0.2) is 5.31 Å². The summed E-state index contributed by atoms with van der Waals surface area (Å²) >= 11 is 0. The minimum atomic E-state index is -0.460. The van der Waals surface area contributed by atoms with Crippen LogP contribution in [0.15, 0.2) is 35.2 Å².